The van der Waals surface area contributed by atoms with Gasteiger partial charge in [-0.1, -0.05) is 45.4 Å². The van der Waals surface area contributed by atoms with Gasteiger partial charge in [-0.3, -0.25) is 4.79 Å². The van der Waals surface area contributed by atoms with Gasteiger partial charge in [-0.15, -0.1) is 0 Å². The van der Waals surface area contributed by atoms with Crippen LogP contribution in [0.25, 0.3) is 0 Å². The fourth-order valence-corrected chi connectivity index (χ4v) is 4.93. The number of ether oxygens (including phenoxy) is 1. The Labute approximate surface area is 140 Å². The first-order chi connectivity index (χ1) is 10.2. The van der Waals surface area contributed by atoms with E-state index in [1.807, 2.05) is 23.5 Å². The summed E-state index contributed by atoms with van der Waals surface area (Å²) in [6.45, 7) is 2.27. The summed E-state index contributed by atoms with van der Waals surface area (Å²) in [6, 6.07) is 0. The van der Waals surface area contributed by atoms with Crippen LogP contribution in [-0.2, 0) is 9.53 Å². The Hall–Kier alpha value is 0.170. The summed E-state index contributed by atoms with van der Waals surface area (Å²) in [6.07, 6.45) is 16.5. The molecule has 0 bridgehead atoms. The number of thioether (sulfide) groups is 2. The molecular formula is C17H34O2S2. The van der Waals surface area contributed by atoms with Crippen LogP contribution in [0.3, 0.4) is 0 Å². The SMILES string of the molecule is CCCCCCCC(SC)C(CCCCC(=O)OC)SC. The van der Waals surface area contributed by atoms with Crippen molar-refractivity contribution in [1.82, 2.24) is 0 Å². The molecule has 0 aliphatic carbocycles. The molecule has 0 rings (SSSR count). The van der Waals surface area contributed by atoms with Gasteiger partial charge in [0.1, 0.15) is 0 Å². The zero-order valence-corrected chi connectivity index (χ0v) is 16.0. The third kappa shape index (κ3) is 11.4. The van der Waals surface area contributed by atoms with Crippen LogP contribution in [0.15, 0.2) is 0 Å². The Bertz CT molecular complexity index is 247. The van der Waals surface area contributed by atoms with E-state index in [1.54, 1.807) is 0 Å². The molecule has 2 unspecified atom stereocenters. The van der Waals surface area contributed by atoms with Crippen molar-refractivity contribution in [2.75, 3.05) is 19.6 Å². The number of carbonyl (C=O) groups is 1. The summed E-state index contributed by atoms with van der Waals surface area (Å²) in [5.41, 5.74) is 0. The highest BCUT2D eigenvalue weighted by Gasteiger charge is 2.19. The molecule has 0 aromatic carbocycles. The van der Waals surface area contributed by atoms with Crippen molar-refractivity contribution >= 4 is 29.5 Å². The highest BCUT2D eigenvalue weighted by atomic mass is 32.2. The van der Waals surface area contributed by atoms with Crippen molar-refractivity contribution in [1.29, 1.82) is 0 Å². The van der Waals surface area contributed by atoms with Gasteiger partial charge in [-0.2, -0.15) is 23.5 Å². The number of unbranched alkanes of at least 4 members (excludes halogenated alkanes) is 5. The van der Waals surface area contributed by atoms with Crippen LogP contribution in [-0.4, -0.2) is 36.1 Å². The molecule has 0 amide bonds. The van der Waals surface area contributed by atoms with Crippen LogP contribution in [0.5, 0.6) is 0 Å². The molecule has 21 heavy (non-hydrogen) atoms. The summed E-state index contributed by atoms with van der Waals surface area (Å²) in [5.74, 6) is -0.0759. The van der Waals surface area contributed by atoms with Gasteiger partial charge in [0.05, 0.1) is 7.11 Å². The second-order valence-corrected chi connectivity index (χ2v) is 7.73. The minimum absolute atomic E-state index is 0.0759. The van der Waals surface area contributed by atoms with Crippen LogP contribution < -0.4 is 0 Å². The largest absolute Gasteiger partial charge is 0.469 e. The molecule has 0 aliphatic heterocycles. The molecule has 0 N–H and O–H groups in total. The summed E-state index contributed by atoms with van der Waals surface area (Å²) in [4.78, 5) is 11.1. The van der Waals surface area contributed by atoms with Crippen molar-refractivity contribution < 1.29 is 9.53 Å². The Morgan fingerprint density at radius 2 is 1.43 bits per heavy atom. The minimum atomic E-state index is -0.0759. The lowest BCUT2D eigenvalue weighted by atomic mass is 10.0. The first-order valence-electron chi connectivity index (χ1n) is 8.31. The fraction of sp³-hybridized carbons (Fsp3) is 0.941. The van der Waals surface area contributed by atoms with Gasteiger partial charge in [0.25, 0.3) is 0 Å². The summed E-state index contributed by atoms with van der Waals surface area (Å²) >= 11 is 4.02. The zero-order chi connectivity index (χ0) is 15.9. The number of carbonyl (C=O) groups excluding carboxylic acids is 1. The van der Waals surface area contributed by atoms with Crippen LogP contribution in [0.1, 0.15) is 71.1 Å². The first-order valence-corrected chi connectivity index (χ1v) is 10.9. The zero-order valence-electron chi connectivity index (χ0n) is 14.4. The average Bonchev–Trinajstić information content (AvgIpc) is 2.51. The predicted molar refractivity (Wildman–Crippen MR) is 98.5 cm³/mol. The summed E-state index contributed by atoms with van der Waals surface area (Å²) < 4.78 is 4.69. The van der Waals surface area contributed by atoms with E-state index in [-0.39, 0.29) is 5.97 Å². The van der Waals surface area contributed by atoms with Crippen LogP contribution in [0.4, 0.5) is 0 Å². The van der Waals surface area contributed by atoms with Gasteiger partial charge >= 0.3 is 5.97 Å². The highest BCUT2D eigenvalue weighted by molar-refractivity contribution is 8.03. The Morgan fingerprint density at radius 1 is 0.905 bits per heavy atom. The molecule has 0 aromatic rings. The first kappa shape index (κ1) is 21.2. The maximum Gasteiger partial charge on any atom is 0.305 e. The number of rotatable bonds is 14. The van der Waals surface area contributed by atoms with Crippen LogP contribution in [0, 0.1) is 0 Å². The van der Waals surface area contributed by atoms with E-state index in [2.05, 4.69) is 24.2 Å². The molecule has 0 spiro atoms. The quantitative estimate of drug-likeness (QED) is 0.307. The van der Waals surface area contributed by atoms with Crippen LogP contribution >= 0.6 is 23.5 Å². The average molecular weight is 335 g/mol. The third-order valence-electron chi connectivity index (χ3n) is 3.96. The molecule has 4 heteroatoms. The Kier molecular flexibility index (Phi) is 15.2. The summed E-state index contributed by atoms with van der Waals surface area (Å²) in [5, 5.41) is 1.49. The number of esters is 1. The molecule has 0 radical (unpaired) electrons. The summed E-state index contributed by atoms with van der Waals surface area (Å²) in [7, 11) is 1.47. The molecule has 0 saturated heterocycles. The molecule has 2 nitrogen and oxygen atoms in total. The lowest BCUT2D eigenvalue weighted by Gasteiger charge is -2.24. The maximum absolute atomic E-state index is 11.1. The van der Waals surface area contributed by atoms with Crippen LogP contribution in [0.2, 0.25) is 0 Å². The molecule has 0 fully saturated rings. The lowest BCUT2D eigenvalue weighted by molar-refractivity contribution is -0.140. The van der Waals surface area contributed by atoms with Gasteiger partial charge < -0.3 is 4.74 Å². The number of methoxy groups -OCH3 is 1. The molecule has 0 heterocycles. The molecule has 0 aromatic heterocycles. The van der Waals surface area contributed by atoms with Crippen molar-refractivity contribution in [3.8, 4) is 0 Å². The van der Waals surface area contributed by atoms with Crippen molar-refractivity contribution in [3.05, 3.63) is 0 Å². The smallest absolute Gasteiger partial charge is 0.305 e. The normalized spacial score (nSPS) is 13.9. The second kappa shape index (κ2) is 15.1. The molecule has 126 valence electrons. The highest BCUT2D eigenvalue weighted by Crippen LogP contribution is 2.30. The monoisotopic (exact) mass is 334 g/mol. The molecule has 0 aliphatic rings. The Morgan fingerprint density at radius 3 is 1.90 bits per heavy atom. The topological polar surface area (TPSA) is 26.3 Å². The molecular weight excluding hydrogens is 300 g/mol. The van der Waals surface area contributed by atoms with E-state index in [4.69, 9.17) is 0 Å². The maximum atomic E-state index is 11.1. The lowest BCUT2D eigenvalue weighted by Crippen LogP contribution is -2.20. The third-order valence-corrected chi connectivity index (χ3v) is 6.47. The van der Waals surface area contributed by atoms with Crippen molar-refractivity contribution in [3.63, 3.8) is 0 Å². The van der Waals surface area contributed by atoms with E-state index >= 15 is 0 Å². The van der Waals surface area contributed by atoms with E-state index < -0.39 is 0 Å². The number of hydrogen-bond donors (Lipinski definition) is 0. The van der Waals surface area contributed by atoms with Gasteiger partial charge in [-0.25, -0.2) is 0 Å². The number of hydrogen-bond acceptors (Lipinski definition) is 4. The minimum Gasteiger partial charge on any atom is -0.469 e. The van der Waals surface area contributed by atoms with Gasteiger partial charge in [0, 0.05) is 16.9 Å². The standard InChI is InChI=1S/C17H34O2S2/c1-5-6-7-8-9-12-15(20-3)16(21-4)13-10-11-14-17(18)19-2/h15-16H,5-14H2,1-4H3. The predicted octanol–water partition coefficient (Wildman–Crippen LogP) is 5.54. The van der Waals surface area contributed by atoms with Crippen molar-refractivity contribution in [2.45, 2.75) is 81.6 Å². The molecule has 2 atom stereocenters. The van der Waals surface area contributed by atoms with E-state index in [0.29, 0.717) is 6.42 Å². The molecule has 0 saturated carbocycles. The van der Waals surface area contributed by atoms with E-state index in [9.17, 15) is 4.79 Å². The van der Waals surface area contributed by atoms with Gasteiger partial charge in [0.2, 0.25) is 0 Å². The second-order valence-electron chi connectivity index (χ2n) is 5.57. The fourth-order valence-electron chi connectivity index (χ4n) is 2.58. The van der Waals surface area contributed by atoms with E-state index in [0.717, 1.165) is 23.3 Å². The van der Waals surface area contributed by atoms with Gasteiger partial charge in [0.15, 0.2) is 0 Å². The van der Waals surface area contributed by atoms with Gasteiger partial charge in [-0.05, 0) is 31.8 Å². The van der Waals surface area contributed by atoms with E-state index in [1.165, 1.54) is 52.1 Å². The Balaban J connectivity index is 3.88. The van der Waals surface area contributed by atoms with Crippen molar-refractivity contribution in [2.24, 2.45) is 0 Å².